The average Bonchev–Trinajstić information content (AvgIpc) is 2.55. The van der Waals surface area contributed by atoms with E-state index in [0.717, 1.165) is 5.56 Å². The summed E-state index contributed by atoms with van der Waals surface area (Å²) in [5.74, 6) is -0.361. The zero-order valence-corrected chi connectivity index (χ0v) is 14.9. The zero-order valence-electron chi connectivity index (χ0n) is 14.1. The van der Waals surface area contributed by atoms with E-state index in [1.807, 2.05) is 12.1 Å². The molecule has 0 saturated heterocycles. The molecular formula is C18H18ClN3O3. The molecular weight excluding hydrogens is 342 g/mol. The van der Waals surface area contributed by atoms with Gasteiger partial charge < -0.3 is 0 Å². The molecule has 130 valence electrons. The predicted octanol–water partition coefficient (Wildman–Crippen LogP) is 4.31. The zero-order chi connectivity index (χ0) is 18.6. The molecule has 0 aliphatic rings. The monoisotopic (exact) mass is 359 g/mol. The summed E-state index contributed by atoms with van der Waals surface area (Å²) >= 11 is 5.74. The van der Waals surface area contributed by atoms with Gasteiger partial charge >= 0.3 is 0 Å². The van der Waals surface area contributed by atoms with E-state index in [-0.39, 0.29) is 22.0 Å². The van der Waals surface area contributed by atoms with Crippen LogP contribution in [0.1, 0.15) is 42.3 Å². The number of halogens is 1. The van der Waals surface area contributed by atoms with Crippen molar-refractivity contribution in [2.45, 2.75) is 26.2 Å². The average molecular weight is 360 g/mol. The van der Waals surface area contributed by atoms with Crippen molar-refractivity contribution >= 4 is 29.4 Å². The SMILES string of the molecule is CC(C)(C)c1ccc(C(=O)N/N=C/c2ccc(Cl)c([N+](=O)[O-])c2)cc1. The van der Waals surface area contributed by atoms with Crippen LogP contribution in [0.25, 0.3) is 0 Å². The van der Waals surface area contributed by atoms with Gasteiger partial charge in [0.15, 0.2) is 0 Å². The van der Waals surface area contributed by atoms with Crippen LogP contribution < -0.4 is 5.43 Å². The Balaban J connectivity index is 2.06. The van der Waals surface area contributed by atoms with Crippen LogP contribution in [0.5, 0.6) is 0 Å². The fourth-order valence-corrected chi connectivity index (χ4v) is 2.29. The van der Waals surface area contributed by atoms with E-state index in [9.17, 15) is 14.9 Å². The smallest absolute Gasteiger partial charge is 0.267 e. The predicted molar refractivity (Wildman–Crippen MR) is 98.3 cm³/mol. The van der Waals surface area contributed by atoms with Crippen LogP contribution in [0.2, 0.25) is 5.02 Å². The van der Waals surface area contributed by atoms with Crippen molar-refractivity contribution in [3.63, 3.8) is 0 Å². The fourth-order valence-electron chi connectivity index (χ4n) is 2.10. The third-order valence-electron chi connectivity index (χ3n) is 3.56. The number of carbonyl (C=O) groups excluding carboxylic acids is 1. The lowest BCUT2D eigenvalue weighted by atomic mass is 9.87. The normalized spacial score (nSPS) is 11.5. The Bertz CT molecular complexity index is 824. The molecule has 0 radical (unpaired) electrons. The summed E-state index contributed by atoms with van der Waals surface area (Å²) in [7, 11) is 0. The minimum atomic E-state index is -0.574. The molecule has 25 heavy (non-hydrogen) atoms. The van der Waals surface area contributed by atoms with Crippen molar-refractivity contribution in [1.29, 1.82) is 0 Å². The van der Waals surface area contributed by atoms with Gasteiger partial charge in [-0.1, -0.05) is 50.6 Å². The summed E-state index contributed by atoms with van der Waals surface area (Å²) in [4.78, 5) is 22.3. The van der Waals surface area contributed by atoms with Crippen LogP contribution in [-0.4, -0.2) is 17.0 Å². The van der Waals surface area contributed by atoms with Crippen LogP contribution in [0, 0.1) is 10.1 Å². The van der Waals surface area contributed by atoms with Crippen LogP contribution in [0.3, 0.4) is 0 Å². The van der Waals surface area contributed by atoms with Crippen molar-refractivity contribution in [1.82, 2.24) is 5.43 Å². The highest BCUT2D eigenvalue weighted by molar-refractivity contribution is 6.32. The maximum absolute atomic E-state index is 12.1. The molecule has 0 bridgehead atoms. The van der Waals surface area contributed by atoms with E-state index in [4.69, 9.17) is 11.6 Å². The molecule has 0 heterocycles. The van der Waals surface area contributed by atoms with Crippen molar-refractivity contribution in [2.24, 2.45) is 5.10 Å². The first-order valence-corrected chi connectivity index (χ1v) is 7.94. The molecule has 0 unspecified atom stereocenters. The Labute approximate surface area is 150 Å². The molecule has 0 fully saturated rings. The highest BCUT2D eigenvalue weighted by atomic mass is 35.5. The van der Waals surface area contributed by atoms with Gasteiger partial charge in [0.25, 0.3) is 11.6 Å². The molecule has 2 rings (SSSR count). The van der Waals surface area contributed by atoms with Gasteiger partial charge in [0.1, 0.15) is 5.02 Å². The van der Waals surface area contributed by atoms with Gasteiger partial charge in [-0.05, 0) is 29.2 Å². The Morgan fingerprint density at radius 3 is 2.40 bits per heavy atom. The number of nitro benzene ring substituents is 1. The molecule has 1 N–H and O–H groups in total. The van der Waals surface area contributed by atoms with Crippen molar-refractivity contribution in [3.05, 3.63) is 74.3 Å². The highest BCUT2D eigenvalue weighted by Gasteiger charge is 2.14. The minimum absolute atomic E-state index is 0.0104. The number of hydrogen-bond acceptors (Lipinski definition) is 4. The largest absolute Gasteiger partial charge is 0.288 e. The lowest BCUT2D eigenvalue weighted by Crippen LogP contribution is -2.18. The first kappa shape index (κ1) is 18.6. The number of hydrazone groups is 1. The first-order chi connectivity index (χ1) is 11.7. The van der Waals surface area contributed by atoms with Crippen LogP contribution in [-0.2, 0) is 5.41 Å². The number of nitrogens with zero attached hydrogens (tertiary/aromatic N) is 2. The summed E-state index contributed by atoms with van der Waals surface area (Å²) in [5, 5.41) is 14.7. The third-order valence-corrected chi connectivity index (χ3v) is 3.88. The second kappa shape index (κ2) is 7.44. The maximum Gasteiger partial charge on any atom is 0.288 e. The van der Waals surface area contributed by atoms with E-state index in [2.05, 4.69) is 31.3 Å². The molecule has 6 nitrogen and oxygen atoms in total. The lowest BCUT2D eigenvalue weighted by Gasteiger charge is -2.18. The summed E-state index contributed by atoms with van der Waals surface area (Å²) in [6.45, 7) is 6.28. The summed E-state index contributed by atoms with van der Waals surface area (Å²) in [6, 6.07) is 11.5. The number of nitrogens with one attached hydrogen (secondary N) is 1. The van der Waals surface area contributed by atoms with Crippen LogP contribution in [0.4, 0.5) is 5.69 Å². The second-order valence-corrected chi connectivity index (χ2v) is 6.90. The summed E-state index contributed by atoms with van der Waals surface area (Å²) in [6.07, 6.45) is 1.32. The Hall–Kier alpha value is -2.73. The first-order valence-electron chi connectivity index (χ1n) is 7.56. The Kier molecular flexibility index (Phi) is 5.54. The molecule has 0 spiro atoms. The number of carbonyl (C=O) groups is 1. The third kappa shape index (κ3) is 4.87. The molecule has 0 aromatic heterocycles. The van der Waals surface area contributed by atoms with Gasteiger partial charge in [-0.25, -0.2) is 5.43 Å². The quantitative estimate of drug-likeness (QED) is 0.501. The molecule has 2 aromatic carbocycles. The second-order valence-electron chi connectivity index (χ2n) is 6.49. The van der Waals surface area contributed by atoms with Crippen LogP contribution >= 0.6 is 11.6 Å². The Morgan fingerprint density at radius 1 is 1.20 bits per heavy atom. The molecule has 0 saturated carbocycles. The van der Waals surface area contributed by atoms with Crippen molar-refractivity contribution < 1.29 is 9.72 Å². The maximum atomic E-state index is 12.1. The van der Waals surface area contributed by atoms with E-state index in [1.165, 1.54) is 18.3 Å². The number of benzene rings is 2. The van der Waals surface area contributed by atoms with Gasteiger partial charge in [0, 0.05) is 17.2 Å². The lowest BCUT2D eigenvalue weighted by molar-refractivity contribution is -0.384. The molecule has 0 aliphatic heterocycles. The summed E-state index contributed by atoms with van der Waals surface area (Å²) < 4.78 is 0. The topological polar surface area (TPSA) is 84.6 Å². The van der Waals surface area contributed by atoms with Crippen LogP contribution in [0.15, 0.2) is 47.6 Å². The standard InChI is InChI=1S/C18H18ClN3O3/c1-18(2,3)14-7-5-13(6-8-14)17(23)21-20-11-12-4-9-15(19)16(10-12)22(24)25/h4-11H,1-3H3,(H,21,23)/b20-11+. The van der Waals surface area contributed by atoms with Crippen molar-refractivity contribution in [2.75, 3.05) is 0 Å². The summed E-state index contributed by atoms with van der Waals surface area (Å²) in [5.41, 5.74) is 4.26. The minimum Gasteiger partial charge on any atom is -0.267 e. The van der Waals surface area contributed by atoms with E-state index in [0.29, 0.717) is 11.1 Å². The number of rotatable bonds is 4. The Morgan fingerprint density at radius 2 is 1.84 bits per heavy atom. The van der Waals surface area contributed by atoms with Gasteiger partial charge in [-0.15, -0.1) is 0 Å². The van der Waals surface area contributed by atoms with Gasteiger partial charge in [0.05, 0.1) is 11.1 Å². The highest BCUT2D eigenvalue weighted by Crippen LogP contribution is 2.24. The fraction of sp³-hybridized carbons (Fsp3) is 0.222. The van der Waals surface area contributed by atoms with E-state index >= 15 is 0 Å². The van der Waals surface area contributed by atoms with Gasteiger partial charge in [-0.3, -0.25) is 14.9 Å². The molecule has 0 atom stereocenters. The number of nitro groups is 1. The number of hydrogen-bond donors (Lipinski definition) is 1. The van der Waals surface area contributed by atoms with E-state index in [1.54, 1.807) is 18.2 Å². The molecule has 7 heteroatoms. The molecule has 1 amide bonds. The van der Waals surface area contributed by atoms with E-state index < -0.39 is 4.92 Å². The molecule has 2 aromatic rings. The van der Waals surface area contributed by atoms with Crippen molar-refractivity contribution in [3.8, 4) is 0 Å². The van der Waals surface area contributed by atoms with Gasteiger partial charge in [-0.2, -0.15) is 5.10 Å². The van der Waals surface area contributed by atoms with Gasteiger partial charge in [0.2, 0.25) is 0 Å². The number of amides is 1. The molecule has 0 aliphatic carbocycles.